The molecule has 0 bridgehead atoms. The molecule has 1 aliphatic heterocycles. The zero-order valence-electron chi connectivity index (χ0n) is 12.8. The molecular weight excluding hydrogens is 378 g/mol. The van der Waals surface area contributed by atoms with Crippen molar-refractivity contribution in [3.8, 4) is 0 Å². The van der Waals surface area contributed by atoms with Gasteiger partial charge in [0.25, 0.3) is 0 Å². The zero-order valence-corrected chi connectivity index (χ0v) is 16.2. The van der Waals surface area contributed by atoms with Crippen LogP contribution in [0.4, 0.5) is 0 Å². The minimum atomic E-state index is 0.839. The Labute approximate surface area is 137 Å². The van der Waals surface area contributed by atoms with Crippen molar-refractivity contribution in [3.05, 3.63) is 0 Å². The summed E-state index contributed by atoms with van der Waals surface area (Å²) in [5, 5.41) is 0. The van der Waals surface area contributed by atoms with Crippen LogP contribution in [0.1, 0.15) is 64.2 Å². The molecular formula is C16H30N2Se2. The van der Waals surface area contributed by atoms with E-state index in [-0.39, 0.29) is 0 Å². The van der Waals surface area contributed by atoms with Crippen LogP contribution in [-0.2, 0) is 0 Å². The third kappa shape index (κ3) is 4.48. The van der Waals surface area contributed by atoms with Crippen molar-refractivity contribution in [3.63, 3.8) is 0 Å². The summed E-state index contributed by atoms with van der Waals surface area (Å²) in [5.41, 5.74) is 5.79. The molecule has 116 valence electrons. The topological polar surface area (TPSA) is 6.48 Å². The molecule has 3 aliphatic rings. The van der Waals surface area contributed by atoms with Crippen molar-refractivity contribution in [2.45, 2.75) is 76.3 Å². The average molecular weight is 408 g/mol. The van der Waals surface area contributed by atoms with Gasteiger partial charge in [-0.3, -0.25) is 0 Å². The van der Waals surface area contributed by atoms with Crippen LogP contribution in [0.25, 0.3) is 0 Å². The Morgan fingerprint density at radius 1 is 0.500 bits per heavy atom. The SMILES string of the molecule is C1CCC(N2C[Se]CN(C3CCCCC3)C[Se]C2)CC1. The first-order valence-corrected chi connectivity index (χ1v) is 13.4. The zero-order chi connectivity index (χ0) is 13.6. The molecule has 0 aromatic rings. The summed E-state index contributed by atoms with van der Waals surface area (Å²) in [5.74, 6) is 0. The van der Waals surface area contributed by atoms with Gasteiger partial charge < -0.3 is 0 Å². The van der Waals surface area contributed by atoms with Gasteiger partial charge in [0.05, 0.1) is 0 Å². The molecule has 0 radical (unpaired) electrons. The Bertz CT molecular complexity index is 240. The Kier molecular flexibility index (Phi) is 6.78. The first-order valence-electron chi connectivity index (χ1n) is 8.57. The van der Waals surface area contributed by atoms with Crippen molar-refractivity contribution in [2.75, 3.05) is 21.8 Å². The van der Waals surface area contributed by atoms with Crippen molar-refractivity contribution >= 4 is 29.9 Å². The van der Waals surface area contributed by atoms with Gasteiger partial charge in [0.2, 0.25) is 0 Å². The van der Waals surface area contributed by atoms with Crippen molar-refractivity contribution in [1.29, 1.82) is 0 Å². The van der Waals surface area contributed by atoms with Gasteiger partial charge in [0, 0.05) is 0 Å². The van der Waals surface area contributed by atoms with Crippen LogP contribution in [0.5, 0.6) is 0 Å². The summed E-state index contributed by atoms with van der Waals surface area (Å²) in [7, 11) is 0. The summed E-state index contributed by atoms with van der Waals surface area (Å²) >= 11 is 1.68. The molecule has 2 saturated carbocycles. The van der Waals surface area contributed by atoms with Crippen LogP contribution in [0.2, 0.25) is 0 Å². The number of hydrogen-bond donors (Lipinski definition) is 0. The Morgan fingerprint density at radius 2 is 0.850 bits per heavy atom. The van der Waals surface area contributed by atoms with Crippen LogP contribution >= 0.6 is 0 Å². The summed E-state index contributed by atoms with van der Waals surface area (Å²) in [4.78, 5) is 5.80. The van der Waals surface area contributed by atoms with Gasteiger partial charge >= 0.3 is 138 Å². The molecule has 3 rings (SSSR count). The van der Waals surface area contributed by atoms with Crippen LogP contribution in [-0.4, -0.2) is 73.6 Å². The minimum absolute atomic E-state index is 0.839. The number of nitrogens with zero attached hydrogens (tertiary/aromatic N) is 2. The predicted octanol–water partition coefficient (Wildman–Crippen LogP) is 2.51. The monoisotopic (exact) mass is 410 g/mol. The van der Waals surface area contributed by atoms with E-state index < -0.39 is 0 Å². The fraction of sp³-hybridized carbons (Fsp3) is 1.00. The maximum absolute atomic E-state index is 2.90. The second-order valence-electron chi connectivity index (χ2n) is 6.69. The van der Waals surface area contributed by atoms with E-state index in [1.807, 2.05) is 0 Å². The van der Waals surface area contributed by atoms with E-state index in [1.54, 1.807) is 0 Å². The second-order valence-corrected chi connectivity index (χ2v) is 10.6. The van der Waals surface area contributed by atoms with Gasteiger partial charge in [-0.25, -0.2) is 0 Å². The summed E-state index contributed by atoms with van der Waals surface area (Å²) in [6.07, 6.45) is 15.0. The van der Waals surface area contributed by atoms with Gasteiger partial charge in [0.15, 0.2) is 0 Å². The molecule has 0 aromatic carbocycles. The molecule has 20 heavy (non-hydrogen) atoms. The molecule has 0 unspecified atom stereocenters. The maximum atomic E-state index is 2.90. The first-order chi connectivity index (χ1) is 9.93. The molecule has 1 heterocycles. The van der Waals surface area contributed by atoms with Crippen molar-refractivity contribution in [2.24, 2.45) is 0 Å². The summed E-state index contributed by atoms with van der Waals surface area (Å²) in [6.45, 7) is 0. The summed E-state index contributed by atoms with van der Waals surface area (Å²) < 4.78 is 0. The molecule has 4 heteroatoms. The van der Waals surface area contributed by atoms with Gasteiger partial charge in [-0.15, -0.1) is 0 Å². The quantitative estimate of drug-likeness (QED) is 0.648. The molecule has 2 nitrogen and oxygen atoms in total. The Morgan fingerprint density at radius 3 is 1.20 bits per heavy atom. The van der Waals surface area contributed by atoms with Gasteiger partial charge in [-0.2, -0.15) is 0 Å². The van der Waals surface area contributed by atoms with Gasteiger partial charge in [-0.1, -0.05) is 0 Å². The average Bonchev–Trinajstić information content (AvgIpc) is 2.49. The third-order valence-electron chi connectivity index (χ3n) is 5.21. The summed E-state index contributed by atoms with van der Waals surface area (Å²) in [6, 6.07) is 1.93. The number of hydrogen-bond acceptors (Lipinski definition) is 2. The molecule has 0 spiro atoms. The molecule has 1 saturated heterocycles. The predicted molar refractivity (Wildman–Crippen MR) is 88.4 cm³/mol. The molecule has 3 fully saturated rings. The standard InChI is InChI=1S/C16H30N2Se2/c1-3-7-15(8-4-1)17-11-19-13-18(14-20-12-17)16-9-5-2-6-10-16/h15-16H,1-14H2. The van der Waals surface area contributed by atoms with Crippen molar-refractivity contribution in [1.82, 2.24) is 9.80 Å². The molecule has 0 atom stereocenters. The van der Waals surface area contributed by atoms with Crippen LogP contribution in [0, 0.1) is 0 Å². The fourth-order valence-electron chi connectivity index (χ4n) is 3.94. The van der Waals surface area contributed by atoms with Crippen molar-refractivity contribution < 1.29 is 0 Å². The molecule has 0 aromatic heterocycles. The molecule has 0 N–H and O–H groups in total. The van der Waals surface area contributed by atoms with Crippen LogP contribution in [0.15, 0.2) is 0 Å². The van der Waals surface area contributed by atoms with E-state index in [0.717, 1.165) is 42.0 Å². The molecule has 2 aliphatic carbocycles. The van der Waals surface area contributed by atoms with Gasteiger partial charge in [0.1, 0.15) is 0 Å². The van der Waals surface area contributed by atoms with E-state index in [1.165, 1.54) is 86.0 Å². The van der Waals surface area contributed by atoms with E-state index in [9.17, 15) is 0 Å². The normalized spacial score (nSPS) is 30.0. The first kappa shape index (κ1) is 15.8. The fourth-order valence-corrected chi connectivity index (χ4v) is 9.96. The Hall–Kier alpha value is 0.959. The third-order valence-corrected chi connectivity index (χ3v) is 9.53. The van der Waals surface area contributed by atoms with E-state index in [0.29, 0.717) is 0 Å². The molecule has 0 amide bonds. The van der Waals surface area contributed by atoms with Crippen LogP contribution < -0.4 is 0 Å². The number of rotatable bonds is 2. The Balaban J connectivity index is 1.45. The van der Waals surface area contributed by atoms with E-state index in [2.05, 4.69) is 9.80 Å². The van der Waals surface area contributed by atoms with E-state index >= 15 is 0 Å². The van der Waals surface area contributed by atoms with Gasteiger partial charge in [-0.05, 0) is 0 Å². The second kappa shape index (κ2) is 8.55. The van der Waals surface area contributed by atoms with Crippen LogP contribution in [0.3, 0.4) is 0 Å². The van der Waals surface area contributed by atoms with E-state index in [4.69, 9.17) is 0 Å².